The lowest BCUT2D eigenvalue weighted by atomic mass is 10.2. The highest BCUT2D eigenvalue weighted by Gasteiger charge is 2.24. The number of hydrogen-bond donors (Lipinski definition) is 1. The fourth-order valence-electron chi connectivity index (χ4n) is 1.66. The molecule has 0 spiro atoms. The lowest BCUT2D eigenvalue weighted by Crippen LogP contribution is -2.28. The third-order valence-corrected chi connectivity index (χ3v) is 6.08. The van der Waals surface area contributed by atoms with E-state index < -0.39 is 26.6 Å². The topological polar surface area (TPSA) is 59.1 Å². The molecule has 9 heteroatoms. The van der Waals surface area contributed by atoms with E-state index >= 15 is 0 Å². The van der Waals surface area contributed by atoms with Crippen molar-refractivity contribution in [1.29, 1.82) is 0 Å². The van der Waals surface area contributed by atoms with E-state index in [4.69, 9.17) is 0 Å². The molecule has 1 N–H and O–H groups in total. The van der Waals surface area contributed by atoms with Gasteiger partial charge in [-0.15, -0.1) is 11.3 Å². The fraction of sp³-hybridized carbons (Fsp3) is 0.250. The molecule has 1 heterocycles. The van der Waals surface area contributed by atoms with Crippen molar-refractivity contribution < 1.29 is 17.2 Å². The molecule has 0 aliphatic rings. The van der Waals surface area contributed by atoms with Crippen LogP contribution in [0.2, 0.25) is 0 Å². The molecular weight excluding hydrogens is 386 g/mol. The monoisotopic (exact) mass is 396 g/mol. The Bertz CT molecular complexity index is 713. The van der Waals surface area contributed by atoms with E-state index in [0.717, 1.165) is 11.1 Å². The van der Waals surface area contributed by atoms with Crippen LogP contribution in [0.4, 0.5) is 8.78 Å². The van der Waals surface area contributed by atoms with Gasteiger partial charge in [-0.2, -0.15) is 0 Å². The van der Waals surface area contributed by atoms with Crippen LogP contribution in [-0.2, 0) is 10.0 Å². The molecule has 0 radical (unpaired) electrons. The fourth-order valence-corrected chi connectivity index (χ4v) is 4.65. The van der Waals surface area contributed by atoms with Crippen molar-refractivity contribution in [3.8, 4) is 0 Å². The number of nitrogens with zero attached hydrogens (tertiary/aromatic N) is 1. The van der Waals surface area contributed by atoms with Gasteiger partial charge in [0.1, 0.15) is 16.5 Å². The summed E-state index contributed by atoms with van der Waals surface area (Å²) in [6.45, 7) is 1.87. The summed E-state index contributed by atoms with van der Waals surface area (Å²) in [4.78, 5) is 3.49. The van der Waals surface area contributed by atoms with Crippen LogP contribution in [0.15, 0.2) is 33.1 Å². The average Bonchev–Trinajstić information content (AvgIpc) is 2.88. The highest BCUT2D eigenvalue weighted by molar-refractivity contribution is 9.10. The van der Waals surface area contributed by atoms with E-state index in [1.807, 2.05) is 0 Å². The van der Waals surface area contributed by atoms with Crippen molar-refractivity contribution in [1.82, 2.24) is 9.71 Å². The van der Waals surface area contributed by atoms with Gasteiger partial charge in [0.05, 0.1) is 5.01 Å². The number of sulfonamides is 1. The number of hydrogen-bond acceptors (Lipinski definition) is 4. The van der Waals surface area contributed by atoms with Gasteiger partial charge in [0.2, 0.25) is 10.0 Å². The maximum absolute atomic E-state index is 13.7. The molecule has 0 amide bonds. The van der Waals surface area contributed by atoms with Crippen LogP contribution in [0.1, 0.15) is 17.8 Å². The first kappa shape index (κ1) is 16.5. The van der Waals surface area contributed by atoms with E-state index in [1.54, 1.807) is 18.5 Å². The Morgan fingerprint density at radius 1 is 1.43 bits per heavy atom. The summed E-state index contributed by atoms with van der Waals surface area (Å²) in [6, 6.07) is 1.44. The van der Waals surface area contributed by atoms with Crippen molar-refractivity contribution in [2.45, 2.75) is 17.7 Å². The van der Waals surface area contributed by atoms with Gasteiger partial charge in [-0.1, -0.05) is 6.92 Å². The van der Waals surface area contributed by atoms with Gasteiger partial charge in [0.15, 0.2) is 0 Å². The SMILES string of the molecule is CC(CNS(=O)(=O)c1c(F)cc(F)cc1Br)c1nccs1. The van der Waals surface area contributed by atoms with Crippen LogP contribution in [0, 0.1) is 11.6 Å². The number of thiazole rings is 1. The van der Waals surface area contributed by atoms with Crippen LogP contribution in [-0.4, -0.2) is 19.9 Å². The summed E-state index contributed by atoms with van der Waals surface area (Å²) in [5, 5.41) is 2.56. The van der Waals surface area contributed by atoms with E-state index in [0.29, 0.717) is 6.07 Å². The van der Waals surface area contributed by atoms with Crippen LogP contribution >= 0.6 is 27.3 Å². The Kier molecular flexibility index (Phi) is 5.07. The van der Waals surface area contributed by atoms with Gasteiger partial charge >= 0.3 is 0 Å². The Morgan fingerprint density at radius 2 is 2.14 bits per heavy atom. The number of aromatic nitrogens is 1. The summed E-state index contributed by atoms with van der Waals surface area (Å²) < 4.78 is 53.1. The zero-order valence-electron chi connectivity index (χ0n) is 10.8. The number of halogens is 3. The van der Waals surface area contributed by atoms with Gasteiger partial charge < -0.3 is 0 Å². The molecule has 0 saturated heterocycles. The first-order chi connectivity index (χ1) is 9.81. The Morgan fingerprint density at radius 3 is 2.71 bits per heavy atom. The predicted octanol–water partition coefficient (Wildman–Crippen LogP) is 3.27. The minimum absolute atomic E-state index is 0.0686. The third kappa shape index (κ3) is 3.85. The van der Waals surface area contributed by atoms with Crippen LogP contribution in [0.3, 0.4) is 0 Å². The Labute approximate surface area is 133 Å². The molecule has 2 rings (SSSR count). The Hall–Kier alpha value is -0.900. The number of nitrogens with one attached hydrogen (secondary N) is 1. The second-order valence-corrected chi connectivity index (χ2v) is 7.81. The molecule has 0 saturated carbocycles. The maximum atomic E-state index is 13.7. The van der Waals surface area contributed by atoms with Crippen molar-refractivity contribution in [2.75, 3.05) is 6.54 Å². The van der Waals surface area contributed by atoms with Gasteiger partial charge in [-0.25, -0.2) is 26.9 Å². The molecule has 21 heavy (non-hydrogen) atoms. The molecule has 1 aromatic carbocycles. The minimum atomic E-state index is -4.09. The maximum Gasteiger partial charge on any atom is 0.244 e. The lowest BCUT2D eigenvalue weighted by Gasteiger charge is -2.12. The molecule has 0 aliphatic heterocycles. The van der Waals surface area contributed by atoms with Gasteiger partial charge in [-0.3, -0.25) is 0 Å². The van der Waals surface area contributed by atoms with E-state index in [-0.39, 0.29) is 16.9 Å². The molecule has 114 valence electrons. The van der Waals surface area contributed by atoms with Crippen LogP contribution < -0.4 is 4.72 Å². The quantitative estimate of drug-likeness (QED) is 0.843. The lowest BCUT2D eigenvalue weighted by molar-refractivity contribution is 0.538. The predicted molar refractivity (Wildman–Crippen MR) is 79.8 cm³/mol. The van der Waals surface area contributed by atoms with Crippen molar-refractivity contribution in [3.63, 3.8) is 0 Å². The molecule has 1 unspecified atom stereocenters. The van der Waals surface area contributed by atoms with E-state index in [2.05, 4.69) is 25.6 Å². The average molecular weight is 397 g/mol. The molecule has 1 atom stereocenters. The molecule has 2 aromatic rings. The van der Waals surface area contributed by atoms with Gasteiger partial charge in [-0.05, 0) is 22.0 Å². The van der Waals surface area contributed by atoms with E-state index in [9.17, 15) is 17.2 Å². The van der Waals surface area contributed by atoms with Crippen molar-refractivity contribution in [3.05, 3.63) is 44.8 Å². The first-order valence-corrected chi connectivity index (χ1v) is 9.00. The van der Waals surface area contributed by atoms with Crippen molar-refractivity contribution >= 4 is 37.3 Å². The highest BCUT2D eigenvalue weighted by atomic mass is 79.9. The summed E-state index contributed by atoms with van der Waals surface area (Å²) in [5.74, 6) is -2.15. The standard InChI is InChI=1S/C12H11BrF2N2O2S2/c1-7(12-16-2-3-20-12)6-17-21(18,19)11-9(13)4-8(14)5-10(11)15/h2-5,7,17H,6H2,1H3. The largest absolute Gasteiger partial charge is 0.249 e. The smallest absolute Gasteiger partial charge is 0.244 e. The van der Waals surface area contributed by atoms with E-state index in [1.165, 1.54) is 11.3 Å². The first-order valence-electron chi connectivity index (χ1n) is 5.85. The molecule has 0 fully saturated rings. The van der Waals surface area contributed by atoms with Crippen LogP contribution in [0.25, 0.3) is 0 Å². The van der Waals surface area contributed by atoms with Gasteiger partial charge in [0, 0.05) is 34.6 Å². The summed E-state index contributed by atoms with van der Waals surface area (Å²) in [7, 11) is -4.09. The number of rotatable bonds is 5. The summed E-state index contributed by atoms with van der Waals surface area (Å²) >= 11 is 4.28. The van der Waals surface area contributed by atoms with Crippen molar-refractivity contribution in [2.24, 2.45) is 0 Å². The zero-order chi connectivity index (χ0) is 15.6. The Balaban J connectivity index is 2.20. The molecule has 0 bridgehead atoms. The molecule has 0 aliphatic carbocycles. The summed E-state index contributed by atoms with van der Waals surface area (Å²) in [5.41, 5.74) is 0. The summed E-state index contributed by atoms with van der Waals surface area (Å²) in [6.07, 6.45) is 1.63. The minimum Gasteiger partial charge on any atom is -0.249 e. The normalized spacial score (nSPS) is 13.3. The molecular formula is C12H11BrF2N2O2S2. The second kappa shape index (κ2) is 6.47. The zero-order valence-corrected chi connectivity index (χ0v) is 14.0. The van der Waals surface area contributed by atoms with Gasteiger partial charge in [0.25, 0.3) is 0 Å². The highest BCUT2D eigenvalue weighted by Crippen LogP contribution is 2.26. The second-order valence-electron chi connectivity index (χ2n) is 4.32. The third-order valence-electron chi connectivity index (χ3n) is 2.68. The number of benzene rings is 1. The molecule has 1 aromatic heterocycles. The van der Waals surface area contributed by atoms with Crippen LogP contribution in [0.5, 0.6) is 0 Å². The molecule has 4 nitrogen and oxygen atoms in total.